The predicted molar refractivity (Wildman–Crippen MR) is 83.9 cm³/mol. The second-order valence-electron chi connectivity index (χ2n) is 4.35. The van der Waals surface area contributed by atoms with E-state index in [0.29, 0.717) is 18.7 Å². The van der Waals surface area contributed by atoms with Crippen LogP contribution in [0.2, 0.25) is 0 Å². The number of nitrogens with one attached hydrogen (secondary N) is 1. The number of sulfonamides is 1. The van der Waals surface area contributed by atoms with E-state index < -0.39 is 10.0 Å². The Morgan fingerprint density at radius 3 is 2.45 bits per heavy atom. The smallest absolute Gasteiger partial charge is 0.240 e. The lowest BCUT2D eigenvalue weighted by Gasteiger charge is -2.07. The van der Waals surface area contributed by atoms with Gasteiger partial charge < -0.3 is 5.73 Å². The first-order valence-electron chi connectivity index (χ1n) is 6.07. The molecule has 0 saturated heterocycles. The summed E-state index contributed by atoms with van der Waals surface area (Å²) in [4.78, 5) is 0.254. The van der Waals surface area contributed by atoms with Crippen LogP contribution in [-0.2, 0) is 16.4 Å². The number of hydrogen-bond acceptors (Lipinski definition) is 3. The number of nitrogen functional groups attached to an aromatic ring is 1. The van der Waals surface area contributed by atoms with Crippen molar-refractivity contribution in [1.29, 1.82) is 0 Å². The van der Waals surface area contributed by atoms with Gasteiger partial charge in [0, 0.05) is 16.7 Å². The van der Waals surface area contributed by atoms with Gasteiger partial charge in [-0.2, -0.15) is 0 Å². The number of benzene rings is 2. The van der Waals surface area contributed by atoms with Crippen LogP contribution < -0.4 is 10.5 Å². The number of hydrogen-bond donors (Lipinski definition) is 2. The number of nitrogens with two attached hydrogens (primary N) is 1. The molecular weight excluding hydrogens is 340 g/mol. The van der Waals surface area contributed by atoms with Gasteiger partial charge in [-0.1, -0.05) is 34.1 Å². The highest BCUT2D eigenvalue weighted by atomic mass is 79.9. The van der Waals surface area contributed by atoms with Gasteiger partial charge in [0.1, 0.15) is 0 Å². The van der Waals surface area contributed by atoms with Gasteiger partial charge in [-0.15, -0.1) is 0 Å². The highest BCUT2D eigenvalue weighted by Gasteiger charge is 2.13. The molecule has 4 nitrogen and oxygen atoms in total. The van der Waals surface area contributed by atoms with Crippen molar-refractivity contribution in [2.45, 2.75) is 11.3 Å². The summed E-state index contributed by atoms with van der Waals surface area (Å²) >= 11 is 3.26. The first-order chi connectivity index (χ1) is 9.47. The molecule has 0 heterocycles. The Bertz CT molecular complexity index is 685. The molecule has 6 heteroatoms. The van der Waals surface area contributed by atoms with Crippen LogP contribution in [0.4, 0.5) is 5.69 Å². The summed E-state index contributed by atoms with van der Waals surface area (Å²) in [6.45, 7) is 0.346. The number of rotatable bonds is 5. The van der Waals surface area contributed by atoms with Crippen LogP contribution in [0.25, 0.3) is 0 Å². The van der Waals surface area contributed by atoms with Gasteiger partial charge in [0.2, 0.25) is 10.0 Å². The van der Waals surface area contributed by atoms with Crippen molar-refractivity contribution < 1.29 is 8.42 Å². The minimum Gasteiger partial charge on any atom is -0.399 e. The fourth-order valence-corrected chi connectivity index (χ4v) is 3.36. The van der Waals surface area contributed by atoms with Crippen molar-refractivity contribution in [2.24, 2.45) is 0 Å². The molecule has 0 atom stereocenters. The van der Waals surface area contributed by atoms with Crippen LogP contribution in [0.15, 0.2) is 57.9 Å². The molecule has 0 aliphatic rings. The second kappa shape index (κ2) is 6.39. The summed E-state index contributed by atoms with van der Waals surface area (Å²) < 4.78 is 27.5. The largest absolute Gasteiger partial charge is 0.399 e. The minimum absolute atomic E-state index is 0.254. The van der Waals surface area contributed by atoms with Crippen LogP contribution in [0, 0.1) is 0 Å². The first kappa shape index (κ1) is 15.0. The van der Waals surface area contributed by atoms with Gasteiger partial charge in [0.15, 0.2) is 0 Å². The molecular formula is C14H15BrN2O2S. The van der Waals surface area contributed by atoms with E-state index >= 15 is 0 Å². The Balaban J connectivity index is 1.98. The van der Waals surface area contributed by atoms with Crippen molar-refractivity contribution in [1.82, 2.24) is 4.72 Å². The van der Waals surface area contributed by atoms with Crippen molar-refractivity contribution in [3.8, 4) is 0 Å². The molecule has 0 aromatic heterocycles. The van der Waals surface area contributed by atoms with E-state index in [4.69, 9.17) is 5.73 Å². The van der Waals surface area contributed by atoms with Crippen LogP contribution in [0.3, 0.4) is 0 Å². The van der Waals surface area contributed by atoms with Crippen molar-refractivity contribution in [2.75, 3.05) is 12.3 Å². The van der Waals surface area contributed by atoms with Gasteiger partial charge in [0.05, 0.1) is 4.90 Å². The molecule has 106 valence electrons. The monoisotopic (exact) mass is 354 g/mol. The van der Waals surface area contributed by atoms with Crippen LogP contribution in [0.5, 0.6) is 0 Å². The SMILES string of the molecule is Nc1ccc(CCNS(=O)(=O)c2cccc(Br)c2)cc1. The van der Waals surface area contributed by atoms with E-state index in [0.717, 1.165) is 10.0 Å². The number of halogens is 1. The van der Waals surface area contributed by atoms with Gasteiger partial charge in [0.25, 0.3) is 0 Å². The summed E-state index contributed by atoms with van der Waals surface area (Å²) in [6.07, 6.45) is 0.619. The molecule has 20 heavy (non-hydrogen) atoms. The van der Waals surface area contributed by atoms with Crippen molar-refractivity contribution in [3.63, 3.8) is 0 Å². The Kier molecular flexibility index (Phi) is 4.80. The van der Waals surface area contributed by atoms with Gasteiger partial charge in [-0.05, 0) is 42.3 Å². The fraction of sp³-hybridized carbons (Fsp3) is 0.143. The third kappa shape index (κ3) is 4.06. The Morgan fingerprint density at radius 2 is 1.80 bits per heavy atom. The average Bonchev–Trinajstić information content (AvgIpc) is 2.41. The normalized spacial score (nSPS) is 11.4. The molecule has 3 N–H and O–H groups in total. The first-order valence-corrected chi connectivity index (χ1v) is 8.35. The zero-order valence-corrected chi connectivity index (χ0v) is 13.1. The summed E-state index contributed by atoms with van der Waals surface area (Å²) in [7, 11) is -3.47. The zero-order valence-electron chi connectivity index (χ0n) is 10.7. The van der Waals surface area contributed by atoms with Crippen molar-refractivity contribution >= 4 is 31.6 Å². The molecule has 0 unspecified atom stereocenters. The average molecular weight is 355 g/mol. The topological polar surface area (TPSA) is 72.2 Å². The minimum atomic E-state index is -3.47. The quantitative estimate of drug-likeness (QED) is 0.810. The molecule has 2 aromatic rings. The van der Waals surface area contributed by atoms with Crippen LogP contribution in [-0.4, -0.2) is 15.0 Å². The third-order valence-corrected chi connectivity index (χ3v) is 4.74. The second-order valence-corrected chi connectivity index (χ2v) is 7.03. The van der Waals surface area contributed by atoms with Gasteiger partial charge in [-0.25, -0.2) is 13.1 Å². The highest BCUT2D eigenvalue weighted by Crippen LogP contribution is 2.15. The maximum absolute atomic E-state index is 12.1. The lowest BCUT2D eigenvalue weighted by molar-refractivity contribution is 0.581. The van der Waals surface area contributed by atoms with Crippen molar-refractivity contribution in [3.05, 3.63) is 58.6 Å². The van der Waals surface area contributed by atoms with Crippen LogP contribution >= 0.6 is 15.9 Å². The molecule has 2 rings (SSSR count). The van der Waals surface area contributed by atoms with E-state index in [2.05, 4.69) is 20.7 Å². The van der Waals surface area contributed by atoms with E-state index in [1.165, 1.54) is 0 Å². The Hall–Kier alpha value is -1.37. The molecule has 0 bridgehead atoms. The lowest BCUT2D eigenvalue weighted by Crippen LogP contribution is -2.26. The Labute approximate surface area is 127 Å². The van der Waals surface area contributed by atoms with E-state index in [9.17, 15) is 8.42 Å². The molecule has 0 fully saturated rings. The summed E-state index contributed by atoms with van der Waals surface area (Å²) in [5.41, 5.74) is 7.33. The van der Waals surface area contributed by atoms with E-state index in [-0.39, 0.29) is 4.90 Å². The maximum Gasteiger partial charge on any atom is 0.240 e. The van der Waals surface area contributed by atoms with Gasteiger partial charge >= 0.3 is 0 Å². The zero-order chi connectivity index (χ0) is 14.6. The fourth-order valence-electron chi connectivity index (χ4n) is 1.73. The van der Waals surface area contributed by atoms with Gasteiger partial charge in [-0.3, -0.25) is 0 Å². The molecule has 0 amide bonds. The van der Waals surface area contributed by atoms with E-state index in [1.807, 2.05) is 12.1 Å². The third-order valence-electron chi connectivity index (χ3n) is 2.79. The van der Waals surface area contributed by atoms with E-state index in [1.54, 1.807) is 36.4 Å². The number of anilines is 1. The lowest BCUT2D eigenvalue weighted by atomic mass is 10.1. The Morgan fingerprint density at radius 1 is 1.10 bits per heavy atom. The summed E-state index contributed by atoms with van der Waals surface area (Å²) in [5, 5.41) is 0. The molecule has 0 aliphatic carbocycles. The van der Waals surface area contributed by atoms with Crippen LogP contribution in [0.1, 0.15) is 5.56 Å². The molecule has 0 saturated carbocycles. The highest BCUT2D eigenvalue weighted by molar-refractivity contribution is 9.10. The molecule has 0 spiro atoms. The summed E-state index contributed by atoms with van der Waals surface area (Å²) in [6, 6.07) is 14.0. The molecule has 0 aliphatic heterocycles. The molecule has 2 aromatic carbocycles. The maximum atomic E-state index is 12.1. The predicted octanol–water partition coefficient (Wildman–Crippen LogP) is 2.55. The molecule has 0 radical (unpaired) electrons. The summed E-state index contributed by atoms with van der Waals surface area (Å²) in [5.74, 6) is 0. The standard InChI is InChI=1S/C14H15BrN2O2S/c15-12-2-1-3-14(10-12)20(18,19)17-9-8-11-4-6-13(16)7-5-11/h1-7,10,17H,8-9,16H2.